The van der Waals surface area contributed by atoms with Crippen LogP contribution in [0.5, 0.6) is 11.5 Å². The fraction of sp³-hybridized carbons (Fsp3) is 0. The van der Waals surface area contributed by atoms with Crippen molar-refractivity contribution in [3.8, 4) is 11.5 Å². The van der Waals surface area contributed by atoms with Crippen molar-refractivity contribution in [3.05, 3.63) is 58.1 Å². The number of halogens is 3. The average molecular weight is 329 g/mol. The predicted molar refractivity (Wildman–Crippen MR) is 67.5 cm³/mol. The minimum Gasteiger partial charge on any atom is -0.478 e. The normalized spacial score (nSPS) is 10.3. The van der Waals surface area contributed by atoms with Crippen molar-refractivity contribution >= 4 is 21.9 Å². The summed E-state index contributed by atoms with van der Waals surface area (Å²) in [4.78, 5) is 10.9. The van der Waals surface area contributed by atoms with Gasteiger partial charge in [-0.3, -0.25) is 0 Å². The molecular weight excluding hydrogens is 322 g/mol. The van der Waals surface area contributed by atoms with Gasteiger partial charge in [-0.05, 0) is 30.3 Å². The van der Waals surface area contributed by atoms with Crippen LogP contribution in [-0.2, 0) is 0 Å². The Morgan fingerprint density at radius 2 is 1.89 bits per heavy atom. The predicted octanol–water partition coefficient (Wildman–Crippen LogP) is 4.22. The van der Waals surface area contributed by atoms with E-state index in [9.17, 15) is 13.6 Å². The van der Waals surface area contributed by atoms with E-state index in [4.69, 9.17) is 9.84 Å². The van der Waals surface area contributed by atoms with Gasteiger partial charge in [-0.15, -0.1) is 0 Å². The van der Waals surface area contributed by atoms with Gasteiger partial charge < -0.3 is 9.84 Å². The second-order valence-corrected chi connectivity index (χ2v) is 4.57. The standard InChI is InChI=1S/C13H7BrF2O3/c14-8-3-7(13(17)18)4-10(5-8)19-12-2-1-9(15)6-11(12)16/h1-6H,(H,17,18). The Balaban J connectivity index is 2.35. The van der Waals surface area contributed by atoms with Gasteiger partial charge in [0, 0.05) is 10.5 Å². The first-order valence-corrected chi connectivity index (χ1v) is 5.92. The molecule has 2 aromatic rings. The van der Waals surface area contributed by atoms with Gasteiger partial charge in [-0.2, -0.15) is 0 Å². The molecule has 0 amide bonds. The summed E-state index contributed by atoms with van der Waals surface area (Å²) in [6.45, 7) is 0. The number of benzene rings is 2. The van der Waals surface area contributed by atoms with Crippen molar-refractivity contribution in [1.82, 2.24) is 0 Å². The Kier molecular flexibility index (Phi) is 3.80. The fourth-order valence-corrected chi connectivity index (χ4v) is 1.90. The van der Waals surface area contributed by atoms with Crippen molar-refractivity contribution in [2.45, 2.75) is 0 Å². The molecule has 0 saturated carbocycles. The van der Waals surface area contributed by atoms with Crippen molar-refractivity contribution < 1.29 is 23.4 Å². The van der Waals surface area contributed by atoms with Crippen molar-refractivity contribution in [2.24, 2.45) is 0 Å². The summed E-state index contributed by atoms with van der Waals surface area (Å²) in [5.74, 6) is -2.76. The van der Waals surface area contributed by atoms with Crippen LogP contribution in [0.3, 0.4) is 0 Å². The van der Waals surface area contributed by atoms with Crippen LogP contribution in [0.2, 0.25) is 0 Å². The highest BCUT2D eigenvalue weighted by atomic mass is 79.9. The molecule has 2 rings (SSSR count). The Labute approximate surface area is 115 Å². The Morgan fingerprint density at radius 1 is 1.16 bits per heavy atom. The van der Waals surface area contributed by atoms with E-state index in [1.54, 1.807) is 0 Å². The molecule has 0 aliphatic carbocycles. The molecule has 3 nitrogen and oxygen atoms in total. The number of carboxylic acid groups (broad SMARTS) is 1. The zero-order valence-corrected chi connectivity index (χ0v) is 10.9. The average Bonchev–Trinajstić information content (AvgIpc) is 2.32. The van der Waals surface area contributed by atoms with Crippen LogP contribution in [0.25, 0.3) is 0 Å². The summed E-state index contributed by atoms with van der Waals surface area (Å²) >= 11 is 3.13. The van der Waals surface area contributed by atoms with Crippen molar-refractivity contribution in [3.63, 3.8) is 0 Å². The van der Waals surface area contributed by atoms with Gasteiger partial charge in [0.25, 0.3) is 0 Å². The van der Waals surface area contributed by atoms with E-state index in [2.05, 4.69) is 15.9 Å². The first kappa shape index (κ1) is 13.5. The quantitative estimate of drug-likeness (QED) is 0.917. The SMILES string of the molecule is O=C(O)c1cc(Br)cc(Oc2ccc(F)cc2F)c1. The van der Waals surface area contributed by atoms with E-state index >= 15 is 0 Å². The molecule has 6 heteroatoms. The lowest BCUT2D eigenvalue weighted by Gasteiger charge is -2.08. The largest absolute Gasteiger partial charge is 0.478 e. The van der Waals surface area contributed by atoms with Gasteiger partial charge in [0.05, 0.1) is 5.56 Å². The van der Waals surface area contributed by atoms with E-state index in [1.165, 1.54) is 18.2 Å². The molecule has 0 atom stereocenters. The number of ether oxygens (including phenoxy) is 1. The maximum absolute atomic E-state index is 13.4. The molecule has 0 aliphatic rings. The van der Waals surface area contributed by atoms with Crippen LogP contribution in [-0.4, -0.2) is 11.1 Å². The molecular formula is C13H7BrF2O3. The Morgan fingerprint density at radius 3 is 2.53 bits per heavy atom. The first-order valence-electron chi connectivity index (χ1n) is 5.12. The Bertz CT molecular complexity index is 644. The molecule has 98 valence electrons. The summed E-state index contributed by atoms with van der Waals surface area (Å²) in [6.07, 6.45) is 0. The van der Waals surface area contributed by atoms with Crippen LogP contribution in [0.15, 0.2) is 40.9 Å². The van der Waals surface area contributed by atoms with E-state index < -0.39 is 17.6 Å². The van der Waals surface area contributed by atoms with Crippen molar-refractivity contribution in [2.75, 3.05) is 0 Å². The molecule has 0 aliphatic heterocycles. The summed E-state index contributed by atoms with van der Waals surface area (Å²) in [7, 11) is 0. The molecule has 0 spiro atoms. The van der Waals surface area contributed by atoms with Gasteiger partial charge in [-0.25, -0.2) is 13.6 Å². The molecule has 0 saturated heterocycles. The van der Waals surface area contributed by atoms with E-state index in [1.807, 2.05) is 0 Å². The van der Waals surface area contributed by atoms with Gasteiger partial charge in [-0.1, -0.05) is 15.9 Å². The van der Waals surface area contributed by atoms with Crippen LogP contribution in [0.1, 0.15) is 10.4 Å². The van der Waals surface area contributed by atoms with E-state index in [0.29, 0.717) is 10.5 Å². The molecule has 1 N–H and O–H groups in total. The highest BCUT2D eigenvalue weighted by molar-refractivity contribution is 9.10. The monoisotopic (exact) mass is 328 g/mol. The highest BCUT2D eigenvalue weighted by Gasteiger charge is 2.10. The van der Waals surface area contributed by atoms with Crippen LogP contribution >= 0.6 is 15.9 Å². The van der Waals surface area contributed by atoms with Crippen LogP contribution in [0.4, 0.5) is 8.78 Å². The fourth-order valence-electron chi connectivity index (χ4n) is 1.43. The second kappa shape index (κ2) is 5.36. The number of carboxylic acids is 1. The molecule has 0 radical (unpaired) electrons. The summed E-state index contributed by atoms with van der Waals surface area (Å²) in [6, 6.07) is 6.98. The summed E-state index contributed by atoms with van der Waals surface area (Å²) in [5, 5.41) is 8.89. The number of carbonyl (C=O) groups is 1. The van der Waals surface area contributed by atoms with E-state index in [-0.39, 0.29) is 17.1 Å². The number of rotatable bonds is 3. The van der Waals surface area contributed by atoms with Gasteiger partial charge in [0.1, 0.15) is 11.6 Å². The number of hydrogen-bond acceptors (Lipinski definition) is 2. The molecule has 2 aromatic carbocycles. The second-order valence-electron chi connectivity index (χ2n) is 3.66. The maximum atomic E-state index is 13.4. The maximum Gasteiger partial charge on any atom is 0.335 e. The molecule has 0 bridgehead atoms. The molecule has 0 heterocycles. The number of aromatic carboxylic acids is 1. The minimum absolute atomic E-state index is 0.00750. The van der Waals surface area contributed by atoms with Gasteiger partial charge in [0.15, 0.2) is 11.6 Å². The Hall–Kier alpha value is -1.95. The molecule has 0 fully saturated rings. The third-order valence-corrected chi connectivity index (χ3v) is 2.70. The zero-order valence-electron chi connectivity index (χ0n) is 9.36. The third-order valence-electron chi connectivity index (χ3n) is 2.24. The smallest absolute Gasteiger partial charge is 0.335 e. The lowest BCUT2D eigenvalue weighted by Crippen LogP contribution is -1.97. The van der Waals surface area contributed by atoms with Gasteiger partial charge in [0.2, 0.25) is 0 Å². The molecule has 19 heavy (non-hydrogen) atoms. The van der Waals surface area contributed by atoms with Crippen molar-refractivity contribution in [1.29, 1.82) is 0 Å². The van der Waals surface area contributed by atoms with Crippen LogP contribution in [0, 0.1) is 11.6 Å². The van der Waals surface area contributed by atoms with Crippen LogP contribution < -0.4 is 4.74 Å². The minimum atomic E-state index is -1.13. The summed E-state index contributed by atoms with van der Waals surface area (Å²) in [5.41, 5.74) is -0.00750. The topological polar surface area (TPSA) is 46.5 Å². The summed E-state index contributed by atoms with van der Waals surface area (Å²) < 4.78 is 31.8. The van der Waals surface area contributed by atoms with E-state index in [0.717, 1.165) is 12.1 Å². The molecule has 0 aromatic heterocycles. The first-order chi connectivity index (χ1) is 8.95. The molecule has 0 unspecified atom stereocenters. The number of hydrogen-bond donors (Lipinski definition) is 1. The zero-order chi connectivity index (χ0) is 14.0. The van der Waals surface area contributed by atoms with Gasteiger partial charge >= 0.3 is 5.97 Å². The lowest BCUT2D eigenvalue weighted by atomic mass is 10.2. The third kappa shape index (κ3) is 3.29. The highest BCUT2D eigenvalue weighted by Crippen LogP contribution is 2.28. The lowest BCUT2D eigenvalue weighted by molar-refractivity contribution is 0.0696.